The SMILES string of the molecule is CCn1cc(-c2cc(NC(=O)c3cc(F)cc(C(F)(F)F)c3)c3c(n2)C(=O)NC3c2cc(F)ccc2Cl)ccc1=O. The number of amides is 2. The highest BCUT2D eigenvalue weighted by Crippen LogP contribution is 2.40. The lowest BCUT2D eigenvalue weighted by Crippen LogP contribution is -2.21. The smallest absolute Gasteiger partial charge is 0.340 e. The van der Waals surface area contributed by atoms with Crippen molar-refractivity contribution in [2.24, 2.45) is 0 Å². The Morgan fingerprint density at radius 3 is 2.51 bits per heavy atom. The number of nitrogens with one attached hydrogen (secondary N) is 2. The summed E-state index contributed by atoms with van der Waals surface area (Å²) >= 11 is 6.29. The second kappa shape index (κ2) is 10.4. The van der Waals surface area contributed by atoms with E-state index in [-0.39, 0.29) is 44.9 Å². The third-order valence-electron chi connectivity index (χ3n) is 6.46. The molecule has 3 heterocycles. The molecule has 2 aromatic heterocycles. The number of rotatable bonds is 5. The van der Waals surface area contributed by atoms with Crippen molar-refractivity contribution in [3.8, 4) is 11.3 Å². The molecule has 2 amide bonds. The normalized spacial score (nSPS) is 14.5. The van der Waals surface area contributed by atoms with Crippen molar-refractivity contribution in [3.05, 3.63) is 116 Å². The van der Waals surface area contributed by atoms with E-state index in [1.165, 1.54) is 35.0 Å². The summed E-state index contributed by atoms with van der Waals surface area (Å²) in [6.45, 7) is 2.06. The molecule has 13 heteroatoms. The molecule has 1 aliphatic rings. The minimum absolute atomic E-state index is 0.0656. The van der Waals surface area contributed by atoms with Crippen LogP contribution >= 0.6 is 11.6 Å². The molecule has 4 aromatic rings. The maximum Gasteiger partial charge on any atom is 0.416 e. The van der Waals surface area contributed by atoms with E-state index in [1.54, 1.807) is 6.92 Å². The van der Waals surface area contributed by atoms with Crippen LogP contribution in [0.1, 0.15) is 50.5 Å². The van der Waals surface area contributed by atoms with E-state index < -0.39 is 46.8 Å². The first-order chi connectivity index (χ1) is 19.3. The van der Waals surface area contributed by atoms with Crippen LogP contribution in [0, 0.1) is 11.6 Å². The number of carbonyl (C=O) groups excluding carboxylic acids is 2. The largest absolute Gasteiger partial charge is 0.416 e. The van der Waals surface area contributed by atoms with Crippen molar-refractivity contribution < 1.29 is 31.5 Å². The molecule has 0 aliphatic carbocycles. The molecule has 2 aromatic carbocycles. The molecule has 2 N–H and O–H groups in total. The molecular formula is C28H18ClF5N4O3. The summed E-state index contributed by atoms with van der Waals surface area (Å²) in [5.41, 5.74) is -1.83. The zero-order valence-electron chi connectivity index (χ0n) is 20.9. The van der Waals surface area contributed by atoms with Gasteiger partial charge in [-0.05, 0) is 55.5 Å². The molecule has 1 atom stereocenters. The second-order valence-corrected chi connectivity index (χ2v) is 9.52. The van der Waals surface area contributed by atoms with Crippen molar-refractivity contribution in [2.45, 2.75) is 25.7 Å². The van der Waals surface area contributed by atoms with Gasteiger partial charge in [0.2, 0.25) is 0 Å². The highest BCUT2D eigenvalue weighted by atomic mass is 35.5. The van der Waals surface area contributed by atoms with Gasteiger partial charge in [-0.15, -0.1) is 0 Å². The van der Waals surface area contributed by atoms with Gasteiger partial charge < -0.3 is 15.2 Å². The van der Waals surface area contributed by atoms with Gasteiger partial charge >= 0.3 is 6.18 Å². The molecule has 0 spiro atoms. The minimum Gasteiger partial charge on any atom is -0.340 e. The van der Waals surface area contributed by atoms with Crippen LogP contribution in [0.5, 0.6) is 0 Å². The van der Waals surface area contributed by atoms with Crippen LogP contribution in [-0.4, -0.2) is 21.4 Å². The molecule has 0 bridgehead atoms. The third-order valence-corrected chi connectivity index (χ3v) is 6.81. The van der Waals surface area contributed by atoms with Crippen molar-refractivity contribution in [1.29, 1.82) is 0 Å². The number of hydrogen-bond acceptors (Lipinski definition) is 4. The summed E-state index contributed by atoms with van der Waals surface area (Å²) in [7, 11) is 0. The highest BCUT2D eigenvalue weighted by Gasteiger charge is 2.37. The van der Waals surface area contributed by atoms with Gasteiger partial charge in [0.05, 0.1) is 23.0 Å². The number of nitrogens with zero attached hydrogens (tertiary/aromatic N) is 2. The second-order valence-electron chi connectivity index (χ2n) is 9.11. The van der Waals surface area contributed by atoms with Crippen molar-refractivity contribution in [3.63, 3.8) is 0 Å². The lowest BCUT2D eigenvalue weighted by molar-refractivity contribution is -0.137. The Morgan fingerprint density at radius 1 is 1.05 bits per heavy atom. The first-order valence-corrected chi connectivity index (χ1v) is 12.4. The molecule has 210 valence electrons. The average molecular weight is 589 g/mol. The molecule has 0 saturated heterocycles. The summed E-state index contributed by atoms with van der Waals surface area (Å²) < 4.78 is 69.4. The Morgan fingerprint density at radius 2 is 1.80 bits per heavy atom. The van der Waals surface area contributed by atoms with Gasteiger partial charge in [0.15, 0.2) is 0 Å². The number of aromatic nitrogens is 2. The number of aryl methyl sites for hydroxylation is 1. The summed E-state index contributed by atoms with van der Waals surface area (Å²) in [6.07, 6.45) is -3.43. The van der Waals surface area contributed by atoms with Crippen LogP contribution < -0.4 is 16.2 Å². The van der Waals surface area contributed by atoms with Gasteiger partial charge in [0.25, 0.3) is 17.4 Å². The summed E-state index contributed by atoms with van der Waals surface area (Å²) in [6, 6.07) is 7.83. The average Bonchev–Trinajstić information content (AvgIpc) is 3.25. The number of alkyl halides is 3. The molecule has 7 nitrogen and oxygen atoms in total. The topological polar surface area (TPSA) is 93.1 Å². The predicted molar refractivity (Wildman–Crippen MR) is 140 cm³/mol. The highest BCUT2D eigenvalue weighted by molar-refractivity contribution is 6.31. The van der Waals surface area contributed by atoms with Gasteiger partial charge in [-0.1, -0.05) is 11.6 Å². The standard InChI is InChI=1S/C28H18ClF5N4O3/c1-2-38-12-13(3-6-22(38)39)20-11-21(36-26(40)14-7-15(28(32,33)34)9-17(31)8-14)23-24(37-27(41)25(23)35-20)18-10-16(30)4-5-19(18)29/h3-12,24H,2H2,1H3,(H,37,41)(H,35,36,40). The molecule has 0 saturated carbocycles. The van der Waals surface area contributed by atoms with E-state index in [9.17, 15) is 36.3 Å². The molecule has 5 rings (SSSR count). The fourth-order valence-electron chi connectivity index (χ4n) is 4.52. The van der Waals surface area contributed by atoms with Crippen LogP contribution in [0.15, 0.2) is 65.6 Å². The molecule has 0 fully saturated rings. The van der Waals surface area contributed by atoms with Crippen LogP contribution in [-0.2, 0) is 12.7 Å². The van der Waals surface area contributed by atoms with Crippen LogP contribution in [0.3, 0.4) is 0 Å². The molecular weight excluding hydrogens is 571 g/mol. The van der Waals surface area contributed by atoms with Crippen LogP contribution in [0.4, 0.5) is 27.6 Å². The zero-order chi connectivity index (χ0) is 29.6. The van der Waals surface area contributed by atoms with Gasteiger partial charge in [-0.25, -0.2) is 13.8 Å². The zero-order valence-corrected chi connectivity index (χ0v) is 21.7. The number of hydrogen-bond donors (Lipinski definition) is 2. The molecule has 1 unspecified atom stereocenters. The van der Waals surface area contributed by atoms with Crippen LogP contribution in [0.2, 0.25) is 5.02 Å². The van der Waals surface area contributed by atoms with E-state index in [0.29, 0.717) is 24.2 Å². The Balaban J connectivity index is 1.68. The first kappa shape index (κ1) is 28.0. The Bertz CT molecular complexity index is 1790. The Kier molecular flexibility index (Phi) is 7.12. The fourth-order valence-corrected chi connectivity index (χ4v) is 4.75. The maximum atomic E-state index is 14.2. The number of pyridine rings is 2. The minimum atomic E-state index is -4.92. The van der Waals surface area contributed by atoms with E-state index in [2.05, 4.69) is 15.6 Å². The molecule has 0 radical (unpaired) electrons. The van der Waals surface area contributed by atoms with Crippen molar-refractivity contribution in [2.75, 3.05) is 5.32 Å². The monoisotopic (exact) mass is 588 g/mol. The quantitative estimate of drug-likeness (QED) is 0.281. The van der Waals surface area contributed by atoms with Gasteiger partial charge in [-0.3, -0.25) is 14.4 Å². The van der Waals surface area contributed by atoms with Crippen molar-refractivity contribution in [1.82, 2.24) is 14.9 Å². The molecule has 1 aliphatic heterocycles. The van der Waals surface area contributed by atoms with Crippen LogP contribution in [0.25, 0.3) is 11.3 Å². The predicted octanol–water partition coefficient (Wildman–Crippen LogP) is 5.97. The Labute approximate surface area is 233 Å². The number of carbonyl (C=O) groups is 2. The van der Waals surface area contributed by atoms with E-state index in [0.717, 1.165) is 12.1 Å². The first-order valence-electron chi connectivity index (χ1n) is 12.1. The lowest BCUT2D eigenvalue weighted by Gasteiger charge is -2.19. The van der Waals surface area contributed by atoms with E-state index in [4.69, 9.17) is 11.6 Å². The van der Waals surface area contributed by atoms with Gasteiger partial charge in [0.1, 0.15) is 17.3 Å². The van der Waals surface area contributed by atoms with Crippen molar-refractivity contribution >= 4 is 29.1 Å². The number of halogens is 6. The summed E-state index contributed by atoms with van der Waals surface area (Å²) in [5, 5.41) is 5.18. The summed E-state index contributed by atoms with van der Waals surface area (Å²) in [5.74, 6) is -3.76. The maximum absolute atomic E-state index is 14.2. The van der Waals surface area contributed by atoms with E-state index in [1.807, 2.05) is 0 Å². The third kappa shape index (κ3) is 5.42. The molecule has 41 heavy (non-hydrogen) atoms. The number of anilines is 1. The number of benzene rings is 2. The number of fused-ring (bicyclic) bond motifs is 1. The lowest BCUT2D eigenvalue weighted by atomic mass is 9.97. The van der Waals surface area contributed by atoms with E-state index >= 15 is 0 Å². The Hall–Kier alpha value is -4.58. The fraction of sp³-hybridized carbons (Fsp3) is 0.143. The van der Waals surface area contributed by atoms with Gasteiger partial charge in [-0.2, -0.15) is 13.2 Å². The van der Waals surface area contributed by atoms with Gasteiger partial charge in [0, 0.05) is 46.1 Å². The summed E-state index contributed by atoms with van der Waals surface area (Å²) in [4.78, 5) is 42.8.